The molecule has 0 atom stereocenters. The number of hydrogen-bond donors (Lipinski definition) is 1. The lowest BCUT2D eigenvalue weighted by Gasteiger charge is -2.20. The summed E-state index contributed by atoms with van der Waals surface area (Å²) in [5.41, 5.74) is 2.68. The molecule has 0 unspecified atom stereocenters. The average molecular weight is 280 g/mol. The molecule has 0 aliphatic carbocycles. The Hall–Kier alpha value is -1.58. The van der Waals surface area contributed by atoms with Crippen LogP contribution in [0.5, 0.6) is 0 Å². The van der Waals surface area contributed by atoms with E-state index in [4.69, 9.17) is 16.7 Å². The summed E-state index contributed by atoms with van der Waals surface area (Å²) in [4.78, 5) is 2.01. The molecule has 100 valence electrons. The topological polar surface area (TPSA) is 23.5 Å². The Labute approximate surface area is 117 Å². The molecule has 0 aliphatic rings. The summed E-state index contributed by atoms with van der Waals surface area (Å²) >= 11 is 6.06. The quantitative estimate of drug-likeness (QED) is 0.924. The second-order valence-corrected chi connectivity index (χ2v) is 4.82. The highest BCUT2D eigenvalue weighted by atomic mass is 35.5. The van der Waals surface area contributed by atoms with Crippen molar-refractivity contribution in [3.05, 3.63) is 64.4 Å². The third-order valence-corrected chi connectivity index (χ3v) is 3.33. The molecule has 0 aromatic heterocycles. The van der Waals surface area contributed by atoms with Crippen LogP contribution in [0.15, 0.2) is 42.5 Å². The molecular weight excluding hydrogens is 265 g/mol. The van der Waals surface area contributed by atoms with Crippen molar-refractivity contribution in [2.24, 2.45) is 0 Å². The van der Waals surface area contributed by atoms with E-state index in [9.17, 15) is 4.39 Å². The molecule has 0 saturated carbocycles. The maximum Gasteiger partial charge on any atom is 0.123 e. The van der Waals surface area contributed by atoms with E-state index < -0.39 is 0 Å². The van der Waals surface area contributed by atoms with E-state index in [0.29, 0.717) is 17.1 Å². The van der Waals surface area contributed by atoms with Crippen molar-refractivity contribution in [1.82, 2.24) is 0 Å². The van der Waals surface area contributed by atoms with E-state index in [-0.39, 0.29) is 12.4 Å². The summed E-state index contributed by atoms with van der Waals surface area (Å²) in [6.45, 7) is 0.593. The van der Waals surface area contributed by atoms with Crippen molar-refractivity contribution in [2.75, 3.05) is 11.9 Å². The van der Waals surface area contributed by atoms with Crippen LogP contribution in [0, 0.1) is 5.82 Å². The molecule has 4 heteroatoms. The van der Waals surface area contributed by atoms with Gasteiger partial charge in [0.2, 0.25) is 0 Å². The maximum absolute atomic E-state index is 12.8. The fraction of sp³-hybridized carbons (Fsp3) is 0.200. The predicted octanol–water partition coefficient (Wildman–Crippen LogP) is 3.61. The van der Waals surface area contributed by atoms with Crippen LogP contribution in [0.25, 0.3) is 0 Å². The zero-order chi connectivity index (χ0) is 13.8. The summed E-state index contributed by atoms with van der Waals surface area (Å²) in [6.07, 6.45) is 0. The van der Waals surface area contributed by atoms with Gasteiger partial charge in [0, 0.05) is 24.3 Å². The minimum Gasteiger partial charge on any atom is -0.392 e. The largest absolute Gasteiger partial charge is 0.392 e. The van der Waals surface area contributed by atoms with E-state index in [1.165, 1.54) is 12.1 Å². The van der Waals surface area contributed by atoms with E-state index in [1.54, 1.807) is 18.2 Å². The Morgan fingerprint density at radius 2 is 1.84 bits per heavy atom. The Morgan fingerprint density at radius 3 is 2.42 bits per heavy atom. The zero-order valence-electron chi connectivity index (χ0n) is 10.6. The molecule has 0 bridgehead atoms. The number of benzene rings is 2. The van der Waals surface area contributed by atoms with Gasteiger partial charge in [-0.2, -0.15) is 0 Å². The van der Waals surface area contributed by atoms with Crippen molar-refractivity contribution in [1.29, 1.82) is 0 Å². The van der Waals surface area contributed by atoms with Crippen LogP contribution in [0.2, 0.25) is 5.02 Å². The van der Waals surface area contributed by atoms with Crippen LogP contribution in [0.1, 0.15) is 11.1 Å². The Bertz CT molecular complexity index is 557. The molecule has 2 aromatic rings. The summed E-state index contributed by atoms with van der Waals surface area (Å²) in [6, 6.07) is 11.9. The number of hydrogen-bond acceptors (Lipinski definition) is 2. The molecule has 0 aliphatic heterocycles. The molecule has 0 saturated heterocycles. The molecule has 2 aromatic carbocycles. The van der Waals surface area contributed by atoms with Gasteiger partial charge in [0.15, 0.2) is 0 Å². The molecule has 1 N–H and O–H groups in total. The number of rotatable bonds is 4. The Kier molecular flexibility index (Phi) is 4.40. The molecule has 19 heavy (non-hydrogen) atoms. The highest BCUT2D eigenvalue weighted by Crippen LogP contribution is 2.24. The van der Waals surface area contributed by atoms with Gasteiger partial charge in [-0.3, -0.25) is 0 Å². The van der Waals surface area contributed by atoms with Crippen molar-refractivity contribution in [3.8, 4) is 0 Å². The van der Waals surface area contributed by atoms with Gasteiger partial charge in [-0.05, 0) is 35.4 Å². The average Bonchev–Trinajstić information content (AvgIpc) is 2.41. The summed E-state index contributed by atoms with van der Waals surface area (Å²) in [5, 5.41) is 9.62. The molecule has 0 spiro atoms. The van der Waals surface area contributed by atoms with Crippen LogP contribution in [-0.4, -0.2) is 12.2 Å². The van der Waals surface area contributed by atoms with Crippen LogP contribution >= 0.6 is 11.6 Å². The molecule has 0 radical (unpaired) electrons. The molecule has 0 heterocycles. The molecule has 0 amide bonds. The lowest BCUT2D eigenvalue weighted by Crippen LogP contribution is -2.16. The molecule has 2 nitrogen and oxygen atoms in total. The van der Waals surface area contributed by atoms with Gasteiger partial charge >= 0.3 is 0 Å². The molecule has 0 fully saturated rings. The second kappa shape index (κ2) is 6.04. The third kappa shape index (κ3) is 3.46. The minimum absolute atomic E-state index is 0.0687. The number of aliphatic hydroxyl groups is 1. The smallest absolute Gasteiger partial charge is 0.123 e. The maximum atomic E-state index is 12.8. The van der Waals surface area contributed by atoms with E-state index >= 15 is 0 Å². The van der Waals surface area contributed by atoms with Crippen LogP contribution in [0.3, 0.4) is 0 Å². The zero-order valence-corrected chi connectivity index (χ0v) is 11.4. The fourth-order valence-electron chi connectivity index (χ4n) is 1.86. The van der Waals surface area contributed by atoms with E-state index in [2.05, 4.69) is 0 Å². The van der Waals surface area contributed by atoms with Crippen LogP contribution in [-0.2, 0) is 13.2 Å². The number of nitrogens with zero attached hydrogens (tertiary/aromatic N) is 1. The van der Waals surface area contributed by atoms with E-state index in [1.807, 2.05) is 24.1 Å². The highest BCUT2D eigenvalue weighted by Gasteiger charge is 2.06. The van der Waals surface area contributed by atoms with Gasteiger partial charge < -0.3 is 10.0 Å². The van der Waals surface area contributed by atoms with Gasteiger partial charge in [0.05, 0.1) is 6.61 Å². The normalized spacial score (nSPS) is 10.5. The Morgan fingerprint density at radius 1 is 1.16 bits per heavy atom. The first kappa shape index (κ1) is 13.8. The van der Waals surface area contributed by atoms with Gasteiger partial charge in [0.25, 0.3) is 0 Å². The summed E-state index contributed by atoms with van der Waals surface area (Å²) in [7, 11) is 1.94. The lowest BCUT2D eigenvalue weighted by atomic mass is 10.1. The second-order valence-electron chi connectivity index (χ2n) is 4.42. The first-order valence-corrected chi connectivity index (χ1v) is 6.33. The number of halogens is 2. The number of aliphatic hydroxyl groups excluding tert-OH is 1. The predicted molar refractivity (Wildman–Crippen MR) is 75.9 cm³/mol. The number of anilines is 1. The van der Waals surface area contributed by atoms with Crippen LogP contribution in [0.4, 0.5) is 10.1 Å². The summed E-state index contributed by atoms with van der Waals surface area (Å²) in [5.74, 6) is -0.234. The van der Waals surface area contributed by atoms with Gasteiger partial charge in [-0.15, -0.1) is 0 Å². The standard InChI is InChI=1S/C15H15ClFNO/c1-18(9-11-2-5-13(17)6-3-11)14-7-4-12(10-19)15(16)8-14/h2-8,19H,9-10H2,1H3. The third-order valence-electron chi connectivity index (χ3n) is 2.98. The van der Waals surface area contributed by atoms with Gasteiger partial charge in [0.1, 0.15) is 5.82 Å². The minimum atomic E-state index is -0.234. The SMILES string of the molecule is CN(Cc1ccc(F)cc1)c1ccc(CO)c(Cl)c1. The van der Waals surface area contributed by atoms with Crippen molar-refractivity contribution < 1.29 is 9.50 Å². The van der Waals surface area contributed by atoms with Crippen molar-refractivity contribution >= 4 is 17.3 Å². The monoisotopic (exact) mass is 279 g/mol. The summed E-state index contributed by atoms with van der Waals surface area (Å²) < 4.78 is 12.8. The van der Waals surface area contributed by atoms with Gasteiger partial charge in [-0.25, -0.2) is 4.39 Å². The Balaban J connectivity index is 2.13. The molecular formula is C15H15ClFNO. The van der Waals surface area contributed by atoms with Crippen molar-refractivity contribution in [2.45, 2.75) is 13.2 Å². The lowest BCUT2D eigenvalue weighted by molar-refractivity contribution is 0.282. The van der Waals surface area contributed by atoms with E-state index in [0.717, 1.165) is 11.3 Å². The first-order valence-electron chi connectivity index (χ1n) is 5.95. The van der Waals surface area contributed by atoms with Gasteiger partial charge in [-0.1, -0.05) is 29.8 Å². The highest BCUT2D eigenvalue weighted by molar-refractivity contribution is 6.31. The fourth-order valence-corrected chi connectivity index (χ4v) is 2.09. The first-order chi connectivity index (χ1) is 9.10. The van der Waals surface area contributed by atoms with Crippen LogP contribution < -0.4 is 4.90 Å². The van der Waals surface area contributed by atoms with Crippen molar-refractivity contribution in [3.63, 3.8) is 0 Å². The molecule has 2 rings (SSSR count).